The van der Waals surface area contributed by atoms with Gasteiger partial charge in [-0.3, -0.25) is 0 Å². The molecule has 1 aromatic carbocycles. The van der Waals surface area contributed by atoms with Crippen LogP contribution in [0.4, 0.5) is 0 Å². The number of H-pyrrole nitrogens is 1. The summed E-state index contributed by atoms with van der Waals surface area (Å²) in [5.74, 6) is 1.61. The van der Waals surface area contributed by atoms with E-state index in [9.17, 15) is 0 Å². The maximum atomic E-state index is 3.64. The third kappa shape index (κ3) is 3.02. The van der Waals surface area contributed by atoms with Gasteiger partial charge in [0.2, 0.25) is 0 Å². The van der Waals surface area contributed by atoms with Gasteiger partial charge in [0.15, 0.2) is 0 Å². The summed E-state index contributed by atoms with van der Waals surface area (Å²) in [6.45, 7) is 4.76. The summed E-state index contributed by atoms with van der Waals surface area (Å²) in [5.41, 5.74) is 4.49. The normalized spacial score (nSPS) is 19.0. The van der Waals surface area contributed by atoms with Gasteiger partial charge in [-0.05, 0) is 36.3 Å². The van der Waals surface area contributed by atoms with Crippen LogP contribution in [0.3, 0.4) is 0 Å². The molecule has 2 unspecified atom stereocenters. The van der Waals surface area contributed by atoms with Gasteiger partial charge in [-0.15, -0.1) is 0 Å². The van der Waals surface area contributed by atoms with E-state index in [4.69, 9.17) is 0 Å². The molecule has 0 aliphatic heterocycles. The zero-order chi connectivity index (χ0) is 14.7. The number of benzene rings is 1. The fourth-order valence-corrected chi connectivity index (χ4v) is 4.12. The van der Waals surface area contributed by atoms with E-state index in [0.29, 0.717) is 0 Å². The third-order valence-corrected chi connectivity index (χ3v) is 5.35. The second-order valence-corrected chi connectivity index (χ2v) is 6.89. The second-order valence-electron chi connectivity index (χ2n) is 6.89. The first-order valence-corrected chi connectivity index (χ1v) is 8.90. The number of nitrogens with one attached hydrogen (secondary N) is 1. The van der Waals surface area contributed by atoms with E-state index in [2.05, 4.69) is 43.1 Å². The van der Waals surface area contributed by atoms with Crippen molar-refractivity contribution in [3.8, 4) is 0 Å². The summed E-state index contributed by atoms with van der Waals surface area (Å²) in [6, 6.07) is 8.85. The van der Waals surface area contributed by atoms with E-state index >= 15 is 0 Å². The number of aromatic amines is 1. The Labute approximate surface area is 129 Å². The monoisotopic (exact) mass is 283 g/mol. The van der Waals surface area contributed by atoms with E-state index in [0.717, 1.165) is 11.8 Å². The fourth-order valence-electron chi connectivity index (χ4n) is 4.12. The van der Waals surface area contributed by atoms with E-state index in [1.54, 1.807) is 5.56 Å². The first kappa shape index (κ1) is 14.7. The molecular weight excluding hydrogens is 254 g/mol. The van der Waals surface area contributed by atoms with Crippen molar-refractivity contribution >= 4 is 10.9 Å². The quantitative estimate of drug-likeness (QED) is 0.583. The maximum Gasteiger partial charge on any atom is 0.0459 e. The van der Waals surface area contributed by atoms with E-state index in [-0.39, 0.29) is 0 Å². The van der Waals surface area contributed by atoms with Crippen molar-refractivity contribution in [1.82, 2.24) is 4.98 Å². The van der Waals surface area contributed by atoms with Crippen LogP contribution in [0.2, 0.25) is 0 Å². The van der Waals surface area contributed by atoms with E-state index < -0.39 is 0 Å². The molecular formula is C20H29N. The minimum Gasteiger partial charge on any atom is -0.358 e. The SMILES string of the molecule is CCCCCCCC(C)C1CCc2[nH]c3ccccc3c21. The smallest absolute Gasteiger partial charge is 0.0459 e. The van der Waals surface area contributed by atoms with Crippen molar-refractivity contribution < 1.29 is 0 Å². The molecule has 2 aromatic rings. The molecule has 0 spiro atoms. The van der Waals surface area contributed by atoms with Gasteiger partial charge in [-0.25, -0.2) is 0 Å². The number of hydrogen-bond acceptors (Lipinski definition) is 0. The summed E-state index contributed by atoms with van der Waals surface area (Å²) in [7, 11) is 0. The van der Waals surface area contributed by atoms with Crippen LogP contribution in [0.25, 0.3) is 10.9 Å². The highest BCUT2D eigenvalue weighted by Crippen LogP contribution is 2.43. The number of para-hydroxylation sites is 1. The molecule has 1 heteroatoms. The minimum atomic E-state index is 0.780. The molecule has 2 atom stereocenters. The van der Waals surface area contributed by atoms with Crippen LogP contribution < -0.4 is 0 Å². The Balaban J connectivity index is 1.66. The molecule has 3 rings (SSSR count). The number of hydrogen-bond donors (Lipinski definition) is 1. The average molecular weight is 283 g/mol. The Morgan fingerprint density at radius 3 is 2.81 bits per heavy atom. The molecule has 0 saturated heterocycles. The Morgan fingerprint density at radius 1 is 1.14 bits per heavy atom. The topological polar surface area (TPSA) is 15.8 Å². The highest BCUT2D eigenvalue weighted by Gasteiger charge is 2.30. The molecule has 1 N–H and O–H groups in total. The summed E-state index contributed by atoms with van der Waals surface area (Å²) in [4.78, 5) is 3.64. The van der Waals surface area contributed by atoms with Gasteiger partial charge in [0.1, 0.15) is 0 Å². The molecule has 1 aromatic heterocycles. The summed E-state index contributed by atoms with van der Waals surface area (Å²) >= 11 is 0. The number of aromatic nitrogens is 1. The first-order valence-electron chi connectivity index (χ1n) is 8.90. The van der Waals surface area contributed by atoms with Gasteiger partial charge < -0.3 is 4.98 Å². The van der Waals surface area contributed by atoms with Crippen molar-refractivity contribution in [2.24, 2.45) is 5.92 Å². The highest BCUT2D eigenvalue weighted by atomic mass is 14.7. The minimum absolute atomic E-state index is 0.780. The lowest BCUT2D eigenvalue weighted by molar-refractivity contribution is 0.406. The Hall–Kier alpha value is -1.24. The lowest BCUT2D eigenvalue weighted by Crippen LogP contribution is -2.06. The van der Waals surface area contributed by atoms with Gasteiger partial charge in [0, 0.05) is 16.6 Å². The lowest BCUT2D eigenvalue weighted by atomic mass is 9.84. The first-order chi connectivity index (χ1) is 10.3. The summed E-state index contributed by atoms with van der Waals surface area (Å²) in [5, 5.41) is 1.48. The van der Waals surface area contributed by atoms with Crippen LogP contribution in [-0.2, 0) is 6.42 Å². The molecule has 0 radical (unpaired) electrons. The van der Waals surface area contributed by atoms with Crippen LogP contribution >= 0.6 is 0 Å². The maximum absolute atomic E-state index is 3.64. The number of unbranched alkanes of at least 4 members (excludes halogenated alkanes) is 4. The van der Waals surface area contributed by atoms with Crippen LogP contribution in [0.15, 0.2) is 24.3 Å². The van der Waals surface area contributed by atoms with E-state index in [1.165, 1.54) is 68.0 Å². The van der Waals surface area contributed by atoms with Gasteiger partial charge in [0.25, 0.3) is 0 Å². The average Bonchev–Trinajstić information content (AvgIpc) is 3.05. The fraction of sp³-hybridized carbons (Fsp3) is 0.600. The summed E-state index contributed by atoms with van der Waals surface area (Å²) in [6.07, 6.45) is 11.0. The van der Waals surface area contributed by atoms with Crippen molar-refractivity contribution in [3.63, 3.8) is 0 Å². The predicted molar refractivity (Wildman–Crippen MR) is 91.9 cm³/mol. The third-order valence-electron chi connectivity index (χ3n) is 5.35. The largest absolute Gasteiger partial charge is 0.358 e. The van der Waals surface area contributed by atoms with Crippen LogP contribution in [0, 0.1) is 5.92 Å². The molecule has 0 saturated carbocycles. The molecule has 1 aliphatic carbocycles. The summed E-state index contributed by atoms with van der Waals surface area (Å²) < 4.78 is 0. The van der Waals surface area contributed by atoms with Crippen molar-refractivity contribution in [2.45, 2.75) is 71.1 Å². The van der Waals surface area contributed by atoms with Crippen LogP contribution in [0.1, 0.15) is 76.0 Å². The lowest BCUT2D eigenvalue weighted by Gasteiger charge is -2.20. The molecule has 1 heterocycles. The Morgan fingerprint density at radius 2 is 1.95 bits per heavy atom. The van der Waals surface area contributed by atoms with Gasteiger partial charge >= 0.3 is 0 Å². The number of aryl methyl sites for hydroxylation is 1. The molecule has 114 valence electrons. The zero-order valence-corrected chi connectivity index (χ0v) is 13.6. The molecule has 21 heavy (non-hydrogen) atoms. The van der Waals surface area contributed by atoms with Crippen molar-refractivity contribution in [2.75, 3.05) is 0 Å². The standard InChI is InChI=1S/C20H29N/c1-3-4-5-6-7-10-15(2)16-13-14-19-20(16)17-11-8-9-12-18(17)21-19/h8-9,11-12,15-16,21H,3-7,10,13-14H2,1-2H3. The molecule has 0 bridgehead atoms. The van der Waals surface area contributed by atoms with Gasteiger partial charge in [-0.1, -0.05) is 70.6 Å². The Kier molecular flexibility index (Phi) is 4.67. The van der Waals surface area contributed by atoms with Crippen LogP contribution in [0.5, 0.6) is 0 Å². The predicted octanol–water partition coefficient (Wildman–Crippen LogP) is 6.19. The zero-order valence-electron chi connectivity index (χ0n) is 13.6. The molecule has 1 aliphatic rings. The molecule has 0 fully saturated rings. The van der Waals surface area contributed by atoms with Gasteiger partial charge in [0.05, 0.1) is 0 Å². The van der Waals surface area contributed by atoms with E-state index in [1.807, 2.05) is 0 Å². The number of fused-ring (bicyclic) bond motifs is 3. The van der Waals surface area contributed by atoms with Crippen LogP contribution in [-0.4, -0.2) is 4.98 Å². The highest BCUT2D eigenvalue weighted by molar-refractivity contribution is 5.85. The second kappa shape index (κ2) is 6.68. The molecule has 1 nitrogen and oxygen atoms in total. The van der Waals surface area contributed by atoms with Crippen molar-refractivity contribution in [1.29, 1.82) is 0 Å². The van der Waals surface area contributed by atoms with Crippen molar-refractivity contribution in [3.05, 3.63) is 35.5 Å². The Bertz CT molecular complexity index is 581. The van der Waals surface area contributed by atoms with Gasteiger partial charge in [-0.2, -0.15) is 0 Å². The number of rotatable bonds is 7. The molecule has 0 amide bonds.